The van der Waals surface area contributed by atoms with E-state index in [4.69, 9.17) is 0 Å². The van der Waals surface area contributed by atoms with E-state index in [1.165, 1.54) is 18.2 Å². The summed E-state index contributed by atoms with van der Waals surface area (Å²) in [4.78, 5) is 11.7. The zero-order valence-electron chi connectivity index (χ0n) is 12.6. The maximum Gasteiger partial charge on any atom is 0.387 e. The summed E-state index contributed by atoms with van der Waals surface area (Å²) in [5, 5.41) is 6.86. The Balaban J connectivity index is 1.83. The van der Waals surface area contributed by atoms with Crippen molar-refractivity contribution in [3.63, 3.8) is 0 Å². The van der Waals surface area contributed by atoms with Gasteiger partial charge < -0.3 is 10.1 Å². The predicted molar refractivity (Wildman–Crippen MR) is 81.9 cm³/mol. The van der Waals surface area contributed by atoms with Crippen LogP contribution in [0.2, 0.25) is 0 Å². The zero-order chi connectivity index (χ0) is 16.7. The van der Waals surface area contributed by atoms with E-state index in [9.17, 15) is 13.6 Å². The monoisotopic (exact) mass is 321 g/mol. The molecule has 0 aliphatic carbocycles. The normalized spacial score (nSPS) is 11.1. The minimum atomic E-state index is -2.85. The number of benzene rings is 1. The number of aromatic nitrogens is 2. The van der Waals surface area contributed by atoms with Crippen molar-refractivity contribution < 1.29 is 18.3 Å². The van der Waals surface area contributed by atoms with E-state index in [0.717, 1.165) is 12.1 Å². The fourth-order valence-corrected chi connectivity index (χ4v) is 1.85. The lowest BCUT2D eigenvalue weighted by molar-refractivity contribution is -0.116. The topological polar surface area (TPSA) is 56.2 Å². The van der Waals surface area contributed by atoms with Crippen LogP contribution < -0.4 is 10.1 Å². The van der Waals surface area contributed by atoms with Gasteiger partial charge in [0.25, 0.3) is 0 Å². The Labute approximate surface area is 132 Å². The number of hydrogen-bond acceptors (Lipinski definition) is 3. The van der Waals surface area contributed by atoms with Crippen LogP contribution in [0.3, 0.4) is 0 Å². The summed E-state index contributed by atoms with van der Waals surface area (Å²) in [6, 6.07) is 6.02. The molecule has 0 saturated carbocycles. The smallest absolute Gasteiger partial charge is 0.387 e. The van der Waals surface area contributed by atoms with Crippen LogP contribution in [0.25, 0.3) is 6.08 Å². The predicted octanol–water partition coefficient (Wildman–Crippen LogP) is 2.83. The number of amides is 1. The Morgan fingerprint density at radius 3 is 2.74 bits per heavy atom. The minimum absolute atomic E-state index is 0.0783. The van der Waals surface area contributed by atoms with Crippen LogP contribution in [0, 0.1) is 0 Å². The van der Waals surface area contributed by atoms with Crippen LogP contribution in [-0.2, 0) is 17.9 Å². The number of nitrogens with zero attached hydrogens (tertiary/aromatic N) is 2. The number of ether oxygens (including phenoxy) is 1. The Kier molecular flexibility index (Phi) is 5.85. The SMILES string of the molecule is CCn1cc(CNC(=O)/C=C\c2ccc(OC(F)F)cc2)cn1. The molecule has 0 fully saturated rings. The summed E-state index contributed by atoms with van der Waals surface area (Å²) in [6.07, 6.45) is 6.55. The second-order valence-corrected chi connectivity index (χ2v) is 4.70. The largest absolute Gasteiger partial charge is 0.435 e. The maximum atomic E-state index is 12.0. The van der Waals surface area contributed by atoms with Crippen LogP contribution in [0.5, 0.6) is 5.75 Å². The lowest BCUT2D eigenvalue weighted by atomic mass is 10.2. The molecule has 0 atom stereocenters. The fraction of sp³-hybridized carbons (Fsp3) is 0.250. The van der Waals surface area contributed by atoms with Gasteiger partial charge in [0.2, 0.25) is 5.91 Å². The highest BCUT2D eigenvalue weighted by Gasteiger charge is 2.03. The minimum Gasteiger partial charge on any atom is -0.435 e. The van der Waals surface area contributed by atoms with Gasteiger partial charge in [0.05, 0.1) is 6.20 Å². The van der Waals surface area contributed by atoms with Gasteiger partial charge in [-0.05, 0) is 30.7 Å². The molecule has 7 heteroatoms. The standard InChI is InChI=1S/C16H17F2N3O2/c1-2-21-11-13(10-20-21)9-19-15(22)8-5-12-3-6-14(7-4-12)23-16(17)18/h3-8,10-11,16H,2,9H2,1H3,(H,19,22)/b8-5-. The van der Waals surface area contributed by atoms with Gasteiger partial charge in [0.15, 0.2) is 0 Å². The first-order chi connectivity index (χ1) is 11.1. The van der Waals surface area contributed by atoms with Gasteiger partial charge in [0, 0.05) is 30.9 Å². The molecule has 0 spiro atoms. The third-order valence-electron chi connectivity index (χ3n) is 3.01. The molecule has 23 heavy (non-hydrogen) atoms. The van der Waals surface area contributed by atoms with Gasteiger partial charge in [0.1, 0.15) is 5.75 Å². The van der Waals surface area contributed by atoms with Crippen LogP contribution in [0.4, 0.5) is 8.78 Å². The lowest BCUT2D eigenvalue weighted by Gasteiger charge is -2.03. The Bertz CT molecular complexity index is 666. The molecule has 0 bridgehead atoms. The molecular formula is C16H17F2N3O2. The van der Waals surface area contributed by atoms with Crippen LogP contribution in [0.1, 0.15) is 18.1 Å². The van der Waals surface area contributed by atoms with Crippen molar-refractivity contribution in [2.24, 2.45) is 0 Å². The van der Waals surface area contributed by atoms with Crippen molar-refractivity contribution in [1.29, 1.82) is 0 Å². The third-order valence-corrected chi connectivity index (χ3v) is 3.01. The van der Waals surface area contributed by atoms with Crippen LogP contribution >= 0.6 is 0 Å². The summed E-state index contributed by atoms with van der Waals surface area (Å²) in [6.45, 7) is 0.304. The fourth-order valence-electron chi connectivity index (χ4n) is 1.85. The Morgan fingerprint density at radius 1 is 1.39 bits per heavy atom. The van der Waals surface area contributed by atoms with Crippen LogP contribution in [0.15, 0.2) is 42.7 Å². The van der Waals surface area contributed by atoms with Crippen molar-refractivity contribution in [3.8, 4) is 5.75 Å². The molecule has 0 saturated heterocycles. The highest BCUT2D eigenvalue weighted by atomic mass is 19.3. The summed E-state index contributed by atoms with van der Waals surface area (Å²) >= 11 is 0. The first kappa shape index (κ1) is 16.7. The van der Waals surface area contributed by atoms with E-state index < -0.39 is 6.61 Å². The van der Waals surface area contributed by atoms with Crippen molar-refractivity contribution in [2.75, 3.05) is 0 Å². The number of hydrogen-bond donors (Lipinski definition) is 1. The number of carbonyl (C=O) groups excluding carboxylic acids is 1. The van der Waals surface area contributed by atoms with Gasteiger partial charge in [-0.15, -0.1) is 0 Å². The molecule has 0 radical (unpaired) electrons. The molecule has 1 heterocycles. The van der Waals surface area contributed by atoms with Crippen molar-refractivity contribution in [1.82, 2.24) is 15.1 Å². The molecule has 1 aromatic carbocycles. The van der Waals surface area contributed by atoms with E-state index in [-0.39, 0.29) is 11.7 Å². The average Bonchev–Trinajstić information content (AvgIpc) is 3.00. The number of alkyl halides is 2. The quantitative estimate of drug-likeness (QED) is 0.798. The van der Waals surface area contributed by atoms with Crippen molar-refractivity contribution >= 4 is 12.0 Å². The summed E-state index contributed by atoms with van der Waals surface area (Å²) in [7, 11) is 0. The highest BCUT2D eigenvalue weighted by Crippen LogP contribution is 2.15. The molecule has 1 aromatic heterocycles. The average molecular weight is 321 g/mol. The molecule has 2 aromatic rings. The number of carbonyl (C=O) groups is 1. The molecule has 0 unspecified atom stereocenters. The van der Waals surface area contributed by atoms with Gasteiger partial charge in [-0.1, -0.05) is 12.1 Å². The molecule has 1 amide bonds. The number of halogens is 2. The van der Waals surface area contributed by atoms with E-state index >= 15 is 0 Å². The summed E-state index contributed by atoms with van der Waals surface area (Å²) < 4.78 is 30.1. The summed E-state index contributed by atoms with van der Waals surface area (Å²) in [5.74, 6) is -0.170. The highest BCUT2D eigenvalue weighted by molar-refractivity contribution is 5.91. The third kappa shape index (κ3) is 5.54. The van der Waals surface area contributed by atoms with Crippen molar-refractivity contribution in [3.05, 3.63) is 53.9 Å². The van der Waals surface area contributed by atoms with Crippen LogP contribution in [-0.4, -0.2) is 22.3 Å². The van der Waals surface area contributed by atoms with E-state index in [1.54, 1.807) is 29.1 Å². The Morgan fingerprint density at radius 2 is 2.13 bits per heavy atom. The number of rotatable bonds is 7. The van der Waals surface area contributed by atoms with Crippen molar-refractivity contribution in [2.45, 2.75) is 26.6 Å². The zero-order valence-corrected chi connectivity index (χ0v) is 12.6. The second kappa shape index (κ2) is 8.07. The number of nitrogens with one attached hydrogen (secondary N) is 1. The molecule has 1 N–H and O–H groups in total. The van der Waals surface area contributed by atoms with Gasteiger partial charge in [-0.25, -0.2) is 0 Å². The van der Waals surface area contributed by atoms with E-state index in [2.05, 4.69) is 15.2 Å². The lowest BCUT2D eigenvalue weighted by Crippen LogP contribution is -2.19. The number of aryl methyl sites for hydroxylation is 1. The first-order valence-corrected chi connectivity index (χ1v) is 7.09. The first-order valence-electron chi connectivity index (χ1n) is 7.09. The van der Waals surface area contributed by atoms with Gasteiger partial charge in [-0.2, -0.15) is 13.9 Å². The van der Waals surface area contributed by atoms with E-state index in [0.29, 0.717) is 12.1 Å². The van der Waals surface area contributed by atoms with Gasteiger partial charge in [-0.3, -0.25) is 9.48 Å². The molecule has 5 nitrogen and oxygen atoms in total. The van der Waals surface area contributed by atoms with Gasteiger partial charge >= 0.3 is 6.61 Å². The molecule has 2 rings (SSSR count). The van der Waals surface area contributed by atoms with E-state index in [1.807, 2.05) is 13.1 Å². The molecule has 0 aliphatic rings. The maximum absolute atomic E-state index is 12.0. The second-order valence-electron chi connectivity index (χ2n) is 4.70. The molecule has 0 aliphatic heterocycles. The molecular weight excluding hydrogens is 304 g/mol. The summed E-state index contributed by atoms with van der Waals surface area (Å²) in [5.41, 5.74) is 1.63. The Hall–Kier alpha value is -2.70. The molecule has 122 valence electrons.